The molecule has 1 aromatic rings. The number of rotatable bonds is 4. The SMILES string of the molecule is CC(C)C(=O)c1ccccc1OS(C)(=O)=O. The number of carbonyl (C=O) groups excluding carboxylic acids is 1. The van der Waals surface area contributed by atoms with Gasteiger partial charge in [0.05, 0.1) is 11.8 Å². The second-order valence-corrected chi connectivity index (χ2v) is 5.38. The molecule has 0 aliphatic rings. The zero-order chi connectivity index (χ0) is 12.3. The molecule has 0 spiro atoms. The lowest BCUT2D eigenvalue weighted by Gasteiger charge is -2.10. The molecule has 88 valence electrons. The number of para-hydroxylation sites is 1. The van der Waals surface area contributed by atoms with Crippen LogP contribution in [0.5, 0.6) is 5.75 Å². The van der Waals surface area contributed by atoms with Crippen molar-refractivity contribution >= 4 is 15.9 Å². The molecule has 0 aliphatic carbocycles. The Morgan fingerprint density at radius 1 is 1.25 bits per heavy atom. The van der Waals surface area contributed by atoms with Gasteiger partial charge in [0.25, 0.3) is 0 Å². The lowest BCUT2D eigenvalue weighted by molar-refractivity contribution is 0.0938. The molecule has 1 rings (SSSR count). The standard InChI is InChI=1S/C11H14O4S/c1-8(2)11(12)9-6-4-5-7-10(9)15-16(3,13)14/h4-8H,1-3H3. The topological polar surface area (TPSA) is 60.4 Å². The predicted molar refractivity (Wildman–Crippen MR) is 61.1 cm³/mol. The minimum Gasteiger partial charge on any atom is -0.382 e. The molecule has 0 bridgehead atoms. The average molecular weight is 242 g/mol. The first-order valence-corrected chi connectivity index (χ1v) is 6.65. The molecule has 4 nitrogen and oxygen atoms in total. The van der Waals surface area contributed by atoms with E-state index in [1.807, 2.05) is 0 Å². The summed E-state index contributed by atoms with van der Waals surface area (Å²) >= 11 is 0. The van der Waals surface area contributed by atoms with Gasteiger partial charge in [-0.1, -0.05) is 26.0 Å². The molecule has 0 radical (unpaired) electrons. The van der Waals surface area contributed by atoms with Gasteiger partial charge in [-0.15, -0.1) is 0 Å². The van der Waals surface area contributed by atoms with E-state index in [0.717, 1.165) is 6.26 Å². The van der Waals surface area contributed by atoms with Crippen LogP contribution in [-0.2, 0) is 10.1 Å². The fraction of sp³-hybridized carbons (Fsp3) is 0.364. The Morgan fingerprint density at radius 3 is 2.31 bits per heavy atom. The Bertz CT molecular complexity index is 488. The minimum absolute atomic E-state index is 0.0868. The molecule has 0 saturated carbocycles. The molecule has 0 fully saturated rings. The molecule has 0 unspecified atom stereocenters. The van der Waals surface area contributed by atoms with E-state index in [-0.39, 0.29) is 17.5 Å². The highest BCUT2D eigenvalue weighted by molar-refractivity contribution is 7.86. The fourth-order valence-electron chi connectivity index (χ4n) is 1.22. The van der Waals surface area contributed by atoms with Crippen molar-refractivity contribution in [2.45, 2.75) is 13.8 Å². The van der Waals surface area contributed by atoms with Crippen molar-refractivity contribution in [1.29, 1.82) is 0 Å². The summed E-state index contributed by atoms with van der Waals surface area (Å²) in [5.74, 6) is -0.257. The van der Waals surface area contributed by atoms with E-state index in [1.54, 1.807) is 32.0 Å². The Balaban J connectivity index is 3.16. The van der Waals surface area contributed by atoms with Crippen LogP contribution in [0, 0.1) is 5.92 Å². The van der Waals surface area contributed by atoms with Crippen LogP contribution >= 0.6 is 0 Å². The first kappa shape index (κ1) is 12.7. The predicted octanol–water partition coefficient (Wildman–Crippen LogP) is 1.86. The molecule has 0 aromatic heterocycles. The molecular weight excluding hydrogens is 228 g/mol. The maximum Gasteiger partial charge on any atom is 0.306 e. The highest BCUT2D eigenvalue weighted by Crippen LogP contribution is 2.22. The minimum atomic E-state index is -3.61. The Morgan fingerprint density at radius 2 is 1.81 bits per heavy atom. The van der Waals surface area contributed by atoms with Gasteiger partial charge in [-0.2, -0.15) is 8.42 Å². The van der Waals surface area contributed by atoms with Crippen molar-refractivity contribution in [3.8, 4) is 5.75 Å². The van der Waals surface area contributed by atoms with Gasteiger partial charge >= 0.3 is 10.1 Å². The van der Waals surface area contributed by atoms with Crippen LogP contribution in [0.15, 0.2) is 24.3 Å². The quantitative estimate of drug-likeness (QED) is 0.597. The number of carbonyl (C=O) groups is 1. The van der Waals surface area contributed by atoms with Gasteiger partial charge in [0, 0.05) is 5.92 Å². The maximum atomic E-state index is 11.8. The summed E-state index contributed by atoms with van der Waals surface area (Å²) in [7, 11) is -3.61. The summed E-state index contributed by atoms with van der Waals surface area (Å²) < 4.78 is 26.8. The van der Waals surface area contributed by atoms with Crippen molar-refractivity contribution < 1.29 is 17.4 Å². The van der Waals surface area contributed by atoms with Gasteiger partial charge in [0.2, 0.25) is 0 Å². The van der Waals surface area contributed by atoms with Gasteiger partial charge in [-0.05, 0) is 12.1 Å². The number of hydrogen-bond acceptors (Lipinski definition) is 4. The number of hydrogen-bond donors (Lipinski definition) is 0. The van der Waals surface area contributed by atoms with Gasteiger partial charge in [-0.3, -0.25) is 4.79 Å². The second-order valence-electron chi connectivity index (χ2n) is 3.80. The summed E-state index contributed by atoms with van der Waals surface area (Å²) in [4.78, 5) is 11.8. The normalized spacial score (nSPS) is 11.5. The summed E-state index contributed by atoms with van der Waals surface area (Å²) in [6.45, 7) is 3.50. The third-order valence-corrected chi connectivity index (χ3v) is 2.40. The van der Waals surface area contributed by atoms with E-state index < -0.39 is 10.1 Å². The molecule has 1 aromatic carbocycles. The van der Waals surface area contributed by atoms with Crippen molar-refractivity contribution in [3.63, 3.8) is 0 Å². The van der Waals surface area contributed by atoms with Gasteiger partial charge < -0.3 is 4.18 Å². The van der Waals surface area contributed by atoms with Gasteiger partial charge in [0.15, 0.2) is 11.5 Å². The van der Waals surface area contributed by atoms with Crippen molar-refractivity contribution in [3.05, 3.63) is 29.8 Å². The van der Waals surface area contributed by atoms with E-state index >= 15 is 0 Å². The highest BCUT2D eigenvalue weighted by atomic mass is 32.2. The van der Waals surface area contributed by atoms with E-state index in [4.69, 9.17) is 4.18 Å². The van der Waals surface area contributed by atoms with Crippen LogP contribution < -0.4 is 4.18 Å². The largest absolute Gasteiger partial charge is 0.382 e. The first-order valence-electron chi connectivity index (χ1n) is 4.84. The molecule has 16 heavy (non-hydrogen) atoms. The third-order valence-electron chi connectivity index (χ3n) is 1.92. The molecule has 0 atom stereocenters. The third kappa shape index (κ3) is 3.34. The Kier molecular flexibility index (Phi) is 3.70. The van der Waals surface area contributed by atoms with Crippen LogP contribution in [0.3, 0.4) is 0 Å². The van der Waals surface area contributed by atoms with Crippen LogP contribution in [0.4, 0.5) is 0 Å². The summed E-state index contributed by atoms with van der Waals surface area (Å²) in [5.41, 5.74) is 0.294. The molecule has 5 heteroatoms. The van der Waals surface area contributed by atoms with Crippen LogP contribution in [0.25, 0.3) is 0 Å². The highest BCUT2D eigenvalue weighted by Gasteiger charge is 2.17. The average Bonchev–Trinajstić information content (AvgIpc) is 2.15. The number of Topliss-reactive ketones (excluding diaryl/α,β-unsaturated/α-hetero) is 1. The smallest absolute Gasteiger partial charge is 0.306 e. The van der Waals surface area contributed by atoms with Gasteiger partial charge in [-0.25, -0.2) is 0 Å². The van der Waals surface area contributed by atoms with Crippen LogP contribution in [0.1, 0.15) is 24.2 Å². The van der Waals surface area contributed by atoms with Crippen molar-refractivity contribution in [2.75, 3.05) is 6.26 Å². The fourth-order valence-corrected chi connectivity index (χ4v) is 1.69. The first-order chi connectivity index (χ1) is 7.31. The molecule has 0 amide bonds. The number of ketones is 1. The lowest BCUT2D eigenvalue weighted by Crippen LogP contribution is -2.13. The zero-order valence-corrected chi connectivity index (χ0v) is 10.2. The molecular formula is C11H14O4S. The molecule has 0 aliphatic heterocycles. The molecule has 0 heterocycles. The zero-order valence-electron chi connectivity index (χ0n) is 9.43. The second kappa shape index (κ2) is 4.65. The Hall–Kier alpha value is -1.36. The molecule has 0 saturated heterocycles. The maximum absolute atomic E-state index is 11.8. The monoisotopic (exact) mass is 242 g/mol. The summed E-state index contributed by atoms with van der Waals surface area (Å²) in [6, 6.07) is 6.32. The van der Waals surface area contributed by atoms with Crippen LogP contribution in [-0.4, -0.2) is 20.5 Å². The van der Waals surface area contributed by atoms with E-state index in [1.165, 1.54) is 6.07 Å². The van der Waals surface area contributed by atoms with Crippen molar-refractivity contribution in [1.82, 2.24) is 0 Å². The summed E-state index contributed by atoms with van der Waals surface area (Å²) in [6.07, 6.45) is 0.948. The van der Waals surface area contributed by atoms with E-state index in [2.05, 4.69) is 0 Å². The van der Waals surface area contributed by atoms with Crippen molar-refractivity contribution in [2.24, 2.45) is 5.92 Å². The molecule has 0 N–H and O–H groups in total. The van der Waals surface area contributed by atoms with Gasteiger partial charge in [0.1, 0.15) is 0 Å². The summed E-state index contributed by atoms with van der Waals surface area (Å²) in [5, 5.41) is 0. The van der Waals surface area contributed by atoms with E-state index in [9.17, 15) is 13.2 Å². The Labute approximate surface area is 95.4 Å². The lowest BCUT2D eigenvalue weighted by atomic mass is 10.0. The van der Waals surface area contributed by atoms with Crippen LogP contribution in [0.2, 0.25) is 0 Å². The van der Waals surface area contributed by atoms with E-state index in [0.29, 0.717) is 5.56 Å². The number of benzene rings is 1.